The molecule has 0 aliphatic heterocycles. The van der Waals surface area contributed by atoms with E-state index in [1.807, 2.05) is 30.4 Å². The fourth-order valence-corrected chi connectivity index (χ4v) is 9.66. The van der Waals surface area contributed by atoms with Gasteiger partial charge in [-0.2, -0.15) is 0 Å². The van der Waals surface area contributed by atoms with Crippen molar-refractivity contribution in [2.24, 2.45) is 0 Å². The summed E-state index contributed by atoms with van der Waals surface area (Å²) in [6.45, 7) is 8.15. The Labute approximate surface area is 205 Å². The van der Waals surface area contributed by atoms with Crippen molar-refractivity contribution in [3.05, 3.63) is 0 Å². The average molecular weight is 489 g/mol. The maximum absolute atomic E-state index is 12.6. The third-order valence-electron chi connectivity index (χ3n) is 7.01. The molecule has 0 spiro atoms. The molecule has 0 aromatic carbocycles. The number of thioether (sulfide) groups is 2. The van der Waals surface area contributed by atoms with Crippen LogP contribution in [-0.2, 0) is 9.59 Å². The first-order valence-electron chi connectivity index (χ1n) is 13.0. The third kappa shape index (κ3) is 9.87. The lowest BCUT2D eigenvalue weighted by Crippen LogP contribution is -2.42. The Kier molecular flexibility index (Phi) is 13.7. The van der Waals surface area contributed by atoms with Gasteiger partial charge in [0.2, 0.25) is 0 Å². The van der Waals surface area contributed by atoms with Gasteiger partial charge in [-0.1, -0.05) is 85.0 Å². The highest BCUT2D eigenvalue weighted by Gasteiger charge is 2.49. The Morgan fingerprint density at radius 3 is 1.34 bits per heavy atom. The van der Waals surface area contributed by atoms with Crippen molar-refractivity contribution in [2.75, 3.05) is 0 Å². The third-order valence-corrected chi connectivity index (χ3v) is 10.7. The van der Waals surface area contributed by atoms with E-state index in [1.54, 1.807) is 6.92 Å². The summed E-state index contributed by atoms with van der Waals surface area (Å²) < 4.78 is -0.333. The summed E-state index contributed by atoms with van der Waals surface area (Å²) in [6, 6.07) is 0. The second-order valence-corrected chi connectivity index (χ2v) is 13.9. The molecule has 0 heterocycles. The van der Waals surface area contributed by atoms with Crippen molar-refractivity contribution in [1.82, 2.24) is 0 Å². The van der Waals surface area contributed by atoms with Crippen LogP contribution in [0.15, 0.2) is 0 Å². The molecule has 188 valence electrons. The summed E-state index contributed by atoms with van der Waals surface area (Å²) in [4.78, 5) is 21.9. The molecule has 2 aliphatic rings. The minimum atomic E-state index is -0.745. The molecular weight excluding hydrogens is 440 g/mol. The van der Waals surface area contributed by atoms with E-state index < -0.39 is 16.0 Å². The maximum Gasteiger partial charge on any atom is 0.329 e. The number of carboxylic acids is 2. The van der Waals surface area contributed by atoms with Gasteiger partial charge in [0.05, 0.1) is 0 Å². The molecule has 6 heteroatoms. The first kappa shape index (κ1) is 29.7. The molecule has 0 aromatic heterocycles. The molecule has 0 saturated heterocycles. The molecule has 0 radical (unpaired) electrons. The van der Waals surface area contributed by atoms with Crippen molar-refractivity contribution in [3.63, 3.8) is 0 Å². The summed E-state index contributed by atoms with van der Waals surface area (Å²) >= 11 is 3.71. The van der Waals surface area contributed by atoms with E-state index >= 15 is 0 Å². The second-order valence-electron chi connectivity index (χ2n) is 9.90. The van der Waals surface area contributed by atoms with Crippen LogP contribution in [-0.4, -0.2) is 35.7 Å². The molecule has 0 amide bonds. The molecule has 2 fully saturated rings. The highest BCUT2D eigenvalue weighted by molar-refractivity contribution is 8.20. The van der Waals surface area contributed by atoms with Crippen molar-refractivity contribution < 1.29 is 19.8 Å². The molecule has 0 bridgehead atoms. The first-order chi connectivity index (χ1) is 15.2. The van der Waals surface area contributed by atoms with E-state index in [4.69, 9.17) is 5.11 Å². The van der Waals surface area contributed by atoms with Gasteiger partial charge >= 0.3 is 11.9 Å². The van der Waals surface area contributed by atoms with Gasteiger partial charge in [0.25, 0.3) is 0 Å². The molecule has 2 rings (SSSR count). The summed E-state index contributed by atoms with van der Waals surface area (Å²) in [7, 11) is 0. The van der Waals surface area contributed by atoms with E-state index in [1.165, 1.54) is 103 Å². The predicted octanol–water partition coefficient (Wildman–Crippen LogP) is 8.52. The largest absolute Gasteiger partial charge is 0.481 e. The summed E-state index contributed by atoms with van der Waals surface area (Å²) in [5.41, 5.74) is 0. The fourth-order valence-electron chi connectivity index (χ4n) is 5.13. The lowest BCUT2D eigenvalue weighted by Gasteiger charge is -2.46. The van der Waals surface area contributed by atoms with Gasteiger partial charge in [-0.3, -0.25) is 4.79 Å². The maximum atomic E-state index is 12.6. The number of rotatable bonds is 12. The molecular formula is C26H48O4S2. The molecule has 2 aliphatic carbocycles. The topological polar surface area (TPSA) is 74.6 Å². The summed E-state index contributed by atoms with van der Waals surface area (Å²) in [5.74, 6) is -1.34. The smallest absolute Gasteiger partial charge is 0.329 e. The number of hydrogen-bond acceptors (Lipinski definition) is 4. The average Bonchev–Trinajstić information content (AvgIpc) is 2.78. The first-order valence-corrected chi connectivity index (χ1v) is 14.7. The van der Waals surface area contributed by atoms with Crippen LogP contribution in [0.25, 0.3) is 0 Å². The quantitative estimate of drug-likeness (QED) is 0.268. The number of aliphatic carboxylic acids is 2. The lowest BCUT2D eigenvalue weighted by molar-refractivity contribution is -0.137. The molecule has 2 saturated carbocycles. The predicted molar refractivity (Wildman–Crippen MR) is 140 cm³/mol. The Morgan fingerprint density at radius 2 is 1.09 bits per heavy atom. The van der Waals surface area contributed by atoms with Crippen LogP contribution in [0, 0.1) is 0 Å². The van der Waals surface area contributed by atoms with Crippen LogP contribution in [0.2, 0.25) is 0 Å². The van der Waals surface area contributed by atoms with Gasteiger partial charge in [0.15, 0.2) is 4.08 Å². The second kappa shape index (κ2) is 14.8. The van der Waals surface area contributed by atoms with Crippen LogP contribution in [0.5, 0.6) is 0 Å². The zero-order valence-electron chi connectivity index (χ0n) is 21.0. The Morgan fingerprint density at radius 1 is 0.750 bits per heavy atom. The Balaban J connectivity index is 0.000000920. The Bertz CT molecular complexity index is 520. The highest BCUT2D eigenvalue weighted by atomic mass is 32.2. The van der Waals surface area contributed by atoms with Gasteiger partial charge in [0.1, 0.15) is 0 Å². The standard InChI is InChI=1S/C23H42O2S2.C3H6O2/c1-4-6-14-22(16-10-8-11-17-22)26-21(3,20(24)25)27-23(15-7-5-2)18-12-9-13-19-23;1-2-3(4)5/h4-19H2,1-3H3,(H,24,25);2H2,1H3,(H,4,5). The SMILES string of the molecule is CCC(=O)O.CCCCC1(SC(C)(SC2(CCCC)CCCCC2)C(=O)O)CCCCC1. The van der Waals surface area contributed by atoms with E-state index in [9.17, 15) is 14.7 Å². The van der Waals surface area contributed by atoms with Crippen LogP contribution in [0.1, 0.15) is 137 Å². The zero-order valence-corrected chi connectivity index (χ0v) is 22.7. The molecule has 0 aromatic rings. The van der Waals surface area contributed by atoms with Gasteiger partial charge in [0, 0.05) is 15.9 Å². The fraction of sp³-hybridized carbons (Fsp3) is 0.923. The monoisotopic (exact) mass is 488 g/mol. The van der Waals surface area contributed by atoms with Crippen LogP contribution >= 0.6 is 23.5 Å². The van der Waals surface area contributed by atoms with E-state index in [0.29, 0.717) is 0 Å². The van der Waals surface area contributed by atoms with Crippen molar-refractivity contribution >= 4 is 35.5 Å². The van der Waals surface area contributed by atoms with E-state index in [-0.39, 0.29) is 15.9 Å². The zero-order chi connectivity index (χ0) is 24.1. The van der Waals surface area contributed by atoms with Gasteiger partial charge < -0.3 is 10.2 Å². The lowest BCUT2D eigenvalue weighted by atomic mass is 9.85. The summed E-state index contributed by atoms with van der Waals surface area (Å²) in [5, 5.41) is 18.1. The van der Waals surface area contributed by atoms with Gasteiger partial charge in [-0.05, 0) is 45.4 Å². The van der Waals surface area contributed by atoms with Crippen LogP contribution < -0.4 is 0 Å². The molecule has 2 N–H and O–H groups in total. The van der Waals surface area contributed by atoms with Gasteiger partial charge in [-0.25, -0.2) is 4.79 Å². The molecule has 4 nitrogen and oxygen atoms in total. The summed E-state index contributed by atoms with van der Waals surface area (Å²) in [6.07, 6.45) is 20.1. The van der Waals surface area contributed by atoms with Crippen LogP contribution in [0.3, 0.4) is 0 Å². The van der Waals surface area contributed by atoms with E-state index in [2.05, 4.69) is 13.8 Å². The minimum Gasteiger partial charge on any atom is -0.481 e. The number of carbonyl (C=O) groups is 2. The normalized spacial score (nSPS) is 20.1. The Hall–Kier alpha value is -0.360. The molecule has 0 atom stereocenters. The number of unbranched alkanes of at least 4 members (excludes halogenated alkanes) is 2. The number of carboxylic acid groups (broad SMARTS) is 2. The minimum absolute atomic E-state index is 0.189. The van der Waals surface area contributed by atoms with Gasteiger partial charge in [-0.15, -0.1) is 23.5 Å². The number of hydrogen-bond donors (Lipinski definition) is 2. The van der Waals surface area contributed by atoms with E-state index in [0.717, 1.165) is 0 Å². The van der Waals surface area contributed by atoms with Crippen molar-refractivity contribution in [1.29, 1.82) is 0 Å². The molecule has 0 unspecified atom stereocenters. The van der Waals surface area contributed by atoms with Crippen molar-refractivity contribution in [2.45, 2.75) is 150 Å². The van der Waals surface area contributed by atoms with Crippen molar-refractivity contribution in [3.8, 4) is 0 Å². The molecule has 32 heavy (non-hydrogen) atoms. The van der Waals surface area contributed by atoms with Crippen LogP contribution in [0.4, 0.5) is 0 Å². The highest BCUT2D eigenvalue weighted by Crippen LogP contribution is 2.58.